The zero-order chi connectivity index (χ0) is 21.7. The molecule has 1 atom stereocenters. The van der Waals surface area contributed by atoms with E-state index < -0.39 is 0 Å². The number of nitrogens with zero attached hydrogens (tertiary/aromatic N) is 2. The van der Waals surface area contributed by atoms with Gasteiger partial charge in [-0.05, 0) is 56.4 Å². The van der Waals surface area contributed by atoms with E-state index in [0.29, 0.717) is 17.1 Å². The van der Waals surface area contributed by atoms with Crippen molar-refractivity contribution in [3.63, 3.8) is 0 Å². The maximum absolute atomic E-state index is 12.6. The number of aromatic amines is 1. The molecule has 0 fully saturated rings. The lowest BCUT2D eigenvalue weighted by molar-refractivity contribution is -0.121. The van der Waals surface area contributed by atoms with E-state index in [9.17, 15) is 4.79 Å². The molecule has 0 radical (unpaired) electrons. The summed E-state index contributed by atoms with van der Waals surface area (Å²) in [6.07, 6.45) is 0.273. The van der Waals surface area contributed by atoms with Crippen LogP contribution < -0.4 is 14.8 Å². The summed E-state index contributed by atoms with van der Waals surface area (Å²) in [5.74, 6) is 2.13. The van der Waals surface area contributed by atoms with Crippen molar-refractivity contribution in [3.05, 3.63) is 58.4 Å². The van der Waals surface area contributed by atoms with E-state index in [-0.39, 0.29) is 18.4 Å². The van der Waals surface area contributed by atoms with E-state index in [0.717, 1.165) is 28.2 Å². The van der Waals surface area contributed by atoms with Crippen LogP contribution in [0.25, 0.3) is 11.4 Å². The van der Waals surface area contributed by atoms with Gasteiger partial charge in [0.2, 0.25) is 5.91 Å². The molecule has 0 aliphatic carbocycles. The molecule has 1 aromatic heterocycles. The van der Waals surface area contributed by atoms with Gasteiger partial charge in [0.1, 0.15) is 11.5 Å². The van der Waals surface area contributed by atoms with E-state index in [1.807, 2.05) is 60.9 Å². The molecular formula is C22H26N4O3S. The smallest absolute Gasteiger partial charge is 0.222 e. The van der Waals surface area contributed by atoms with Crippen molar-refractivity contribution in [2.75, 3.05) is 14.2 Å². The summed E-state index contributed by atoms with van der Waals surface area (Å²) in [6.45, 7) is 4.38. The molecule has 1 heterocycles. The fourth-order valence-electron chi connectivity index (χ4n) is 3.28. The molecule has 8 heteroatoms. The predicted octanol–water partition coefficient (Wildman–Crippen LogP) is 4.20. The molecule has 0 aliphatic heterocycles. The van der Waals surface area contributed by atoms with Crippen LogP contribution in [0.1, 0.15) is 30.5 Å². The Labute approximate surface area is 181 Å². The third-order valence-corrected chi connectivity index (χ3v) is 5.21. The highest BCUT2D eigenvalue weighted by Gasteiger charge is 2.16. The quantitative estimate of drug-likeness (QED) is 0.528. The number of carbonyl (C=O) groups excluding carboxylic acids is 1. The van der Waals surface area contributed by atoms with Gasteiger partial charge < -0.3 is 14.8 Å². The molecule has 0 saturated carbocycles. The monoisotopic (exact) mass is 426 g/mol. The van der Waals surface area contributed by atoms with Gasteiger partial charge in [-0.3, -0.25) is 14.5 Å². The molecule has 158 valence electrons. The number of carbonyl (C=O) groups is 1. The highest BCUT2D eigenvalue weighted by atomic mass is 32.1. The normalized spacial score (nSPS) is 11.7. The summed E-state index contributed by atoms with van der Waals surface area (Å²) >= 11 is 5.36. The SMILES string of the molecule is COc1ccc(-c2n[nH]c(=S)n2CCC(=O)NC(C)c2cc(C)ccc2OC)cc1. The van der Waals surface area contributed by atoms with Gasteiger partial charge in [-0.1, -0.05) is 17.7 Å². The van der Waals surface area contributed by atoms with E-state index in [2.05, 4.69) is 15.5 Å². The van der Waals surface area contributed by atoms with Crippen molar-refractivity contribution in [2.24, 2.45) is 0 Å². The van der Waals surface area contributed by atoms with Crippen LogP contribution in [0.2, 0.25) is 0 Å². The standard InChI is InChI=1S/C22H26N4O3S/c1-14-5-10-19(29-4)18(13-14)15(2)23-20(27)11-12-26-21(24-25-22(26)30)16-6-8-17(28-3)9-7-16/h5-10,13,15H,11-12H2,1-4H3,(H,23,27)(H,25,30). The number of nitrogens with one attached hydrogen (secondary N) is 2. The minimum absolute atomic E-state index is 0.0742. The Balaban J connectivity index is 1.69. The number of benzene rings is 2. The molecule has 2 aromatic carbocycles. The molecule has 1 amide bonds. The lowest BCUT2D eigenvalue weighted by Crippen LogP contribution is -2.28. The number of aryl methyl sites for hydroxylation is 1. The van der Waals surface area contributed by atoms with Crippen molar-refractivity contribution in [1.29, 1.82) is 0 Å². The molecule has 0 aliphatic rings. The first-order chi connectivity index (χ1) is 14.4. The largest absolute Gasteiger partial charge is 0.497 e. The molecule has 0 saturated heterocycles. The Kier molecular flexibility index (Phi) is 6.89. The van der Waals surface area contributed by atoms with E-state index >= 15 is 0 Å². The minimum Gasteiger partial charge on any atom is -0.497 e. The Morgan fingerprint density at radius 3 is 2.60 bits per heavy atom. The number of amides is 1. The van der Waals surface area contributed by atoms with Crippen molar-refractivity contribution in [2.45, 2.75) is 32.9 Å². The second-order valence-corrected chi connectivity index (χ2v) is 7.40. The van der Waals surface area contributed by atoms with Crippen LogP contribution in [0.3, 0.4) is 0 Å². The molecule has 2 N–H and O–H groups in total. The lowest BCUT2D eigenvalue weighted by Gasteiger charge is -2.18. The van der Waals surface area contributed by atoms with Crippen LogP contribution in [0, 0.1) is 11.7 Å². The summed E-state index contributed by atoms with van der Waals surface area (Å²) < 4.78 is 12.9. The summed E-state index contributed by atoms with van der Waals surface area (Å²) in [5.41, 5.74) is 2.95. The first kappa shape index (κ1) is 21.6. The third kappa shape index (κ3) is 4.88. The number of aromatic nitrogens is 3. The summed E-state index contributed by atoms with van der Waals surface area (Å²) in [6, 6.07) is 13.3. The van der Waals surface area contributed by atoms with Crippen LogP contribution in [0.15, 0.2) is 42.5 Å². The zero-order valence-electron chi connectivity index (χ0n) is 17.6. The number of rotatable bonds is 8. The molecule has 0 bridgehead atoms. The number of methoxy groups -OCH3 is 2. The van der Waals surface area contributed by atoms with E-state index in [4.69, 9.17) is 21.7 Å². The fourth-order valence-corrected chi connectivity index (χ4v) is 3.51. The molecule has 30 heavy (non-hydrogen) atoms. The van der Waals surface area contributed by atoms with Gasteiger partial charge in [-0.25, -0.2) is 0 Å². The maximum Gasteiger partial charge on any atom is 0.222 e. The molecule has 7 nitrogen and oxygen atoms in total. The molecule has 1 unspecified atom stereocenters. The Morgan fingerprint density at radius 2 is 1.93 bits per heavy atom. The Bertz CT molecular complexity index is 1070. The van der Waals surface area contributed by atoms with Crippen LogP contribution in [-0.2, 0) is 11.3 Å². The number of H-pyrrole nitrogens is 1. The van der Waals surface area contributed by atoms with Gasteiger partial charge in [0, 0.05) is 24.1 Å². The topological polar surface area (TPSA) is 81.2 Å². The summed E-state index contributed by atoms with van der Waals surface area (Å²) in [5, 5.41) is 10.2. The van der Waals surface area contributed by atoms with Crippen molar-refractivity contribution >= 4 is 18.1 Å². The highest BCUT2D eigenvalue weighted by molar-refractivity contribution is 7.71. The van der Waals surface area contributed by atoms with Crippen LogP contribution in [-0.4, -0.2) is 34.9 Å². The maximum atomic E-state index is 12.6. The average molecular weight is 427 g/mol. The summed E-state index contributed by atoms with van der Waals surface area (Å²) in [7, 11) is 3.25. The van der Waals surface area contributed by atoms with Gasteiger partial charge in [0.25, 0.3) is 0 Å². The number of ether oxygens (including phenoxy) is 2. The van der Waals surface area contributed by atoms with Crippen LogP contribution in [0.5, 0.6) is 11.5 Å². The number of hydrogen-bond donors (Lipinski definition) is 2. The molecular weight excluding hydrogens is 400 g/mol. The van der Waals surface area contributed by atoms with E-state index in [1.165, 1.54) is 0 Å². The first-order valence-electron chi connectivity index (χ1n) is 9.66. The second-order valence-electron chi connectivity index (χ2n) is 7.02. The molecule has 0 spiro atoms. The highest BCUT2D eigenvalue weighted by Crippen LogP contribution is 2.26. The van der Waals surface area contributed by atoms with Gasteiger partial charge >= 0.3 is 0 Å². The van der Waals surface area contributed by atoms with Crippen molar-refractivity contribution in [3.8, 4) is 22.9 Å². The minimum atomic E-state index is -0.175. The van der Waals surface area contributed by atoms with Crippen molar-refractivity contribution < 1.29 is 14.3 Å². The average Bonchev–Trinajstić information content (AvgIpc) is 3.12. The molecule has 3 rings (SSSR count). The zero-order valence-corrected chi connectivity index (χ0v) is 18.4. The van der Waals surface area contributed by atoms with Gasteiger partial charge in [-0.2, -0.15) is 5.10 Å². The van der Waals surface area contributed by atoms with Gasteiger partial charge in [-0.15, -0.1) is 0 Å². The second kappa shape index (κ2) is 9.58. The first-order valence-corrected chi connectivity index (χ1v) is 10.1. The van der Waals surface area contributed by atoms with Gasteiger partial charge in [0.15, 0.2) is 10.6 Å². The van der Waals surface area contributed by atoms with Crippen LogP contribution >= 0.6 is 12.2 Å². The predicted molar refractivity (Wildman–Crippen MR) is 118 cm³/mol. The summed E-state index contributed by atoms with van der Waals surface area (Å²) in [4.78, 5) is 12.6. The fraction of sp³-hybridized carbons (Fsp3) is 0.318. The van der Waals surface area contributed by atoms with Crippen molar-refractivity contribution in [1.82, 2.24) is 20.1 Å². The van der Waals surface area contributed by atoms with E-state index in [1.54, 1.807) is 14.2 Å². The van der Waals surface area contributed by atoms with Crippen LogP contribution in [0.4, 0.5) is 0 Å². The van der Waals surface area contributed by atoms with Gasteiger partial charge in [0.05, 0.1) is 20.3 Å². The Hall–Kier alpha value is -3.13. The number of hydrogen-bond acceptors (Lipinski definition) is 5. The third-order valence-electron chi connectivity index (χ3n) is 4.90. The Morgan fingerprint density at radius 1 is 1.20 bits per heavy atom. The lowest BCUT2D eigenvalue weighted by atomic mass is 10.0. The molecule has 3 aromatic rings.